The monoisotopic (exact) mass is 295 g/mol. The van der Waals surface area contributed by atoms with Crippen molar-refractivity contribution in [2.75, 3.05) is 0 Å². The molecule has 2 rings (SSSR count). The van der Waals surface area contributed by atoms with Crippen LogP contribution in [0.2, 0.25) is 0 Å². The van der Waals surface area contributed by atoms with E-state index in [9.17, 15) is 4.79 Å². The number of nitrogens with one attached hydrogen (secondary N) is 1. The Kier molecular flexibility index (Phi) is 9.76. The fourth-order valence-corrected chi connectivity index (χ4v) is 1.85. The van der Waals surface area contributed by atoms with Crippen molar-refractivity contribution in [2.45, 2.75) is 72.8 Å². The topological polar surface area (TPSA) is 46.9 Å². The maximum absolute atomic E-state index is 11.0. The van der Waals surface area contributed by atoms with Gasteiger partial charge in [0.25, 0.3) is 0 Å². The lowest BCUT2D eigenvalue weighted by atomic mass is 9.93. The van der Waals surface area contributed by atoms with Crippen LogP contribution in [0.25, 0.3) is 0 Å². The van der Waals surface area contributed by atoms with Gasteiger partial charge in [0.2, 0.25) is 5.91 Å². The van der Waals surface area contributed by atoms with Crippen LogP contribution in [-0.2, 0) is 11.8 Å². The highest BCUT2D eigenvalue weighted by molar-refractivity contribution is 5.78. The summed E-state index contributed by atoms with van der Waals surface area (Å²) in [4.78, 5) is 15.2. The number of carbonyl (C=O) groups excluding carboxylic acids is 1. The third-order valence-corrected chi connectivity index (χ3v) is 3.35. The highest BCUT2D eigenvalue weighted by atomic mass is 16.1. The van der Waals surface area contributed by atoms with Gasteiger partial charge in [-0.3, -0.25) is 4.79 Å². The fourth-order valence-electron chi connectivity index (χ4n) is 1.85. The summed E-state index contributed by atoms with van der Waals surface area (Å²) in [7, 11) is 2.02. The Morgan fingerprint density at radius 1 is 1.29 bits per heavy atom. The van der Waals surface area contributed by atoms with Gasteiger partial charge in [-0.1, -0.05) is 41.5 Å². The quantitative estimate of drug-likeness (QED) is 0.920. The molecule has 1 heterocycles. The predicted octanol–water partition coefficient (Wildman–Crippen LogP) is 3.88. The number of aromatic nitrogens is 2. The molecule has 1 saturated carbocycles. The summed E-state index contributed by atoms with van der Waals surface area (Å²) < 4.78 is 2.05. The second-order valence-corrected chi connectivity index (χ2v) is 5.84. The molecule has 1 amide bonds. The number of hydrogen-bond acceptors (Lipinski definition) is 2. The highest BCUT2D eigenvalue weighted by Gasteiger charge is 2.20. The second kappa shape index (κ2) is 10.4. The molecule has 0 spiro atoms. The lowest BCUT2D eigenvalue weighted by molar-refractivity contribution is -0.125. The van der Waals surface area contributed by atoms with Crippen molar-refractivity contribution in [1.29, 1.82) is 0 Å². The summed E-state index contributed by atoms with van der Waals surface area (Å²) in [6.07, 6.45) is 7.44. The van der Waals surface area contributed by atoms with E-state index in [1.165, 1.54) is 19.3 Å². The third kappa shape index (κ3) is 7.30. The minimum absolute atomic E-state index is 0.139. The zero-order chi connectivity index (χ0) is 16.4. The average Bonchev–Trinajstić information content (AvgIpc) is 2.83. The molecule has 4 nitrogen and oxygen atoms in total. The van der Waals surface area contributed by atoms with Gasteiger partial charge in [0.05, 0.1) is 0 Å². The summed E-state index contributed by atoms with van der Waals surface area (Å²) in [5.74, 6) is 2.02. The molecule has 1 fully saturated rings. The Labute approximate surface area is 130 Å². The molecule has 122 valence electrons. The molecule has 4 heteroatoms. The molecule has 0 unspecified atom stereocenters. The molecule has 1 aliphatic carbocycles. The highest BCUT2D eigenvalue weighted by Crippen LogP contribution is 2.18. The molecular weight excluding hydrogens is 262 g/mol. The van der Waals surface area contributed by atoms with E-state index in [0.717, 1.165) is 5.82 Å². The zero-order valence-corrected chi connectivity index (χ0v) is 14.8. The number of hydrogen-bond donors (Lipinski definition) is 1. The third-order valence-electron chi connectivity index (χ3n) is 3.35. The van der Waals surface area contributed by atoms with E-state index in [4.69, 9.17) is 0 Å². The first-order chi connectivity index (χ1) is 9.91. The first-order valence-corrected chi connectivity index (χ1v) is 8.19. The van der Waals surface area contributed by atoms with Gasteiger partial charge < -0.3 is 9.88 Å². The first-order valence-electron chi connectivity index (χ1n) is 8.19. The van der Waals surface area contributed by atoms with Gasteiger partial charge in [-0.25, -0.2) is 4.98 Å². The van der Waals surface area contributed by atoms with E-state index in [1.54, 1.807) is 0 Å². The number of imidazole rings is 1. The summed E-state index contributed by atoms with van der Waals surface area (Å²) in [5, 5.41) is 2.98. The number of nitrogens with zero attached hydrogens (tertiary/aromatic N) is 2. The number of amides is 1. The van der Waals surface area contributed by atoms with Crippen LogP contribution in [0, 0.1) is 5.92 Å². The lowest BCUT2D eigenvalue weighted by Crippen LogP contribution is -2.41. The molecule has 21 heavy (non-hydrogen) atoms. The van der Waals surface area contributed by atoms with Crippen molar-refractivity contribution in [3.05, 3.63) is 18.2 Å². The average molecular weight is 295 g/mol. The molecule has 0 radical (unpaired) electrons. The van der Waals surface area contributed by atoms with Crippen molar-refractivity contribution < 1.29 is 4.79 Å². The van der Waals surface area contributed by atoms with Gasteiger partial charge in [0, 0.05) is 37.3 Å². The van der Waals surface area contributed by atoms with E-state index >= 15 is 0 Å². The Morgan fingerprint density at radius 2 is 1.86 bits per heavy atom. The maximum atomic E-state index is 11.0. The second-order valence-electron chi connectivity index (χ2n) is 5.84. The number of rotatable bonds is 3. The zero-order valence-electron chi connectivity index (χ0n) is 14.8. The van der Waals surface area contributed by atoms with E-state index in [-0.39, 0.29) is 11.8 Å². The number of carbonyl (C=O) groups is 1. The Bertz CT molecular complexity index is 392. The standard InChI is InChI=1S/C8H15NO.C7H12N2.C2H6/c1-6(2)8(10)9-7-4-3-5-7;1-6(2)7-8-4-5-9(7)3;1-2/h6-7H,3-5H2,1-2H3,(H,9,10);4-6H,1-3H3;1-2H3. The van der Waals surface area contributed by atoms with Gasteiger partial charge >= 0.3 is 0 Å². The minimum Gasteiger partial charge on any atom is -0.353 e. The lowest BCUT2D eigenvalue weighted by Gasteiger charge is -2.27. The van der Waals surface area contributed by atoms with Crippen LogP contribution in [0.3, 0.4) is 0 Å². The van der Waals surface area contributed by atoms with Gasteiger partial charge in [0.1, 0.15) is 5.82 Å². The molecule has 1 aliphatic rings. The molecule has 0 atom stereocenters. The molecule has 0 saturated heterocycles. The van der Waals surface area contributed by atoms with Crippen molar-refractivity contribution in [3.63, 3.8) is 0 Å². The summed E-state index contributed by atoms with van der Waals surface area (Å²) in [6, 6.07) is 0.495. The van der Waals surface area contributed by atoms with Crippen LogP contribution < -0.4 is 5.32 Å². The molecular formula is C17H33N3O. The number of aryl methyl sites for hydroxylation is 1. The van der Waals surface area contributed by atoms with Crippen molar-refractivity contribution in [3.8, 4) is 0 Å². The maximum Gasteiger partial charge on any atom is 0.222 e. The Morgan fingerprint density at radius 3 is 2.10 bits per heavy atom. The van der Waals surface area contributed by atoms with Crippen molar-refractivity contribution in [1.82, 2.24) is 14.9 Å². The van der Waals surface area contributed by atoms with Gasteiger partial charge in [-0.05, 0) is 19.3 Å². The van der Waals surface area contributed by atoms with Gasteiger partial charge in [-0.15, -0.1) is 0 Å². The van der Waals surface area contributed by atoms with Crippen LogP contribution >= 0.6 is 0 Å². The summed E-state index contributed by atoms with van der Waals surface area (Å²) in [6.45, 7) is 12.1. The summed E-state index contributed by atoms with van der Waals surface area (Å²) in [5.41, 5.74) is 0. The smallest absolute Gasteiger partial charge is 0.222 e. The molecule has 1 aromatic rings. The van der Waals surface area contributed by atoms with Crippen LogP contribution in [0.5, 0.6) is 0 Å². The van der Waals surface area contributed by atoms with Crippen LogP contribution in [0.1, 0.15) is 72.5 Å². The SMILES string of the molecule is CC.CC(C)C(=O)NC1CCC1.CC(C)c1nccn1C. The van der Waals surface area contributed by atoms with Crippen molar-refractivity contribution in [2.24, 2.45) is 13.0 Å². The van der Waals surface area contributed by atoms with E-state index in [0.29, 0.717) is 12.0 Å². The van der Waals surface area contributed by atoms with Gasteiger partial charge in [0.15, 0.2) is 0 Å². The van der Waals surface area contributed by atoms with Crippen LogP contribution in [-0.4, -0.2) is 21.5 Å². The minimum atomic E-state index is 0.139. The van der Waals surface area contributed by atoms with E-state index < -0.39 is 0 Å². The summed E-state index contributed by atoms with van der Waals surface area (Å²) >= 11 is 0. The van der Waals surface area contributed by atoms with E-state index in [1.807, 2.05) is 51.7 Å². The fraction of sp³-hybridized carbons (Fsp3) is 0.765. The predicted molar refractivity (Wildman–Crippen MR) is 89.3 cm³/mol. The molecule has 0 aliphatic heterocycles. The Balaban J connectivity index is 0.000000342. The Hall–Kier alpha value is -1.32. The molecule has 1 aromatic heterocycles. The molecule has 0 bridgehead atoms. The van der Waals surface area contributed by atoms with Gasteiger partial charge in [-0.2, -0.15) is 0 Å². The van der Waals surface area contributed by atoms with Crippen LogP contribution in [0.15, 0.2) is 12.4 Å². The first kappa shape index (κ1) is 19.7. The van der Waals surface area contributed by atoms with Crippen molar-refractivity contribution >= 4 is 5.91 Å². The van der Waals surface area contributed by atoms with Crippen LogP contribution in [0.4, 0.5) is 0 Å². The molecule has 1 N–H and O–H groups in total. The molecule has 0 aromatic carbocycles. The largest absolute Gasteiger partial charge is 0.353 e. The normalized spacial score (nSPS) is 13.8. The van der Waals surface area contributed by atoms with E-state index in [2.05, 4.69) is 24.1 Å².